The summed E-state index contributed by atoms with van der Waals surface area (Å²) in [5, 5.41) is 0.696. The zero-order valence-electron chi connectivity index (χ0n) is 20.0. The molecule has 0 N–H and O–H groups in total. The molecule has 33 heavy (non-hydrogen) atoms. The summed E-state index contributed by atoms with van der Waals surface area (Å²) in [4.78, 5) is 32.6. The van der Waals surface area contributed by atoms with Crippen LogP contribution < -0.4 is 4.74 Å². The molecule has 1 saturated carbocycles. The number of hydrogen-bond donors (Lipinski definition) is 0. The lowest BCUT2D eigenvalue weighted by atomic mass is 9.65. The quantitative estimate of drug-likeness (QED) is 0.397. The molecule has 3 unspecified atom stereocenters. The van der Waals surface area contributed by atoms with Crippen LogP contribution in [0.3, 0.4) is 0 Å². The molecule has 0 spiro atoms. The number of halogens is 1. The van der Waals surface area contributed by atoms with Crippen molar-refractivity contribution < 1.29 is 14.3 Å². The maximum atomic E-state index is 13.3. The number of nitrogens with zero attached hydrogens (tertiary/aromatic N) is 2. The Hall–Kier alpha value is -2.27. The molecular weight excluding hydrogens is 436 g/mol. The lowest BCUT2D eigenvalue weighted by molar-refractivity contribution is -0.125. The molecule has 3 atom stereocenters. The average molecular weight is 471 g/mol. The van der Waals surface area contributed by atoms with E-state index in [-0.39, 0.29) is 5.92 Å². The minimum absolute atomic E-state index is 0.316. The van der Waals surface area contributed by atoms with Gasteiger partial charge in [-0.3, -0.25) is 4.79 Å². The van der Waals surface area contributed by atoms with E-state index in [4.69, 9.17) is 16.3 Å². The third-order valence-electron chi connectivity index (χ3n) is 7.07. The molecule has 0 radical (unpaired) electrons. The Morgan fingerprint density at radius 2 is 2.00 bits per heavy atom. The Morgan fingerprint density at radius 3 is 2.70 bits per heavy atom. The number of aldehydes is 1. The SMILES string of the molecule is CCC(=O)C1(c2cc(Cl)ccc2C)CCCCC(CCOc2cnc(C(C)C=O)nc2)CC1. The molecule has 6 heteroatoms. The van der Waals surface area contributed by atoms with Crippen LogP contribution in [0.4, 0.5) is 0 Å². The van der Waals surface area contributed by atoms with Gasteiger partial charge in [0, 0.05) is 11.4 Å². The number of aromatic nitrogens is 2. The molecule has 1 heterocycles. The van der Waals surface area contributed by atoms with Gasteiger partial charge in [-0.2, -0.15) is 0 Å². The first-order valence-electron chi connectivity index (χ1n) is 12.1. The summed E-state index contributed by atoms with van der Waals surface area (Å²) in [6.07, 6.45) is 11.6. The Labute approximate surface area is 202 Å². The largest absolute Gasteiger partial charge is 0.490 e. The molecule has 1 aliphatic carbocycles. The first-order valence-corrected chi connectivity index (χ1v) is 12.5. The molecule has 1 fully saturated rings. The second-order valence-corrected chi connectivity index (χ2v) is 9.74. The lowest BCUT2D eigenvalue weighted by Crippen LogP contribution is -2.38. The van der Waals surface area contributed by atoms with Crippen LogP contribution in [0.5, 0.6) is 5.75 Å². The zero-order chi connectivity index (χ0) is 23.8. The van der Waals surface area contributed by atoms with Crippen LogP contribution in [0, 0.1) is 12.8 Å². The van der Waals surface area contributed by atoms with Gasteiger partial charge in [-0.25, -0.2) is 9.97 Å². The van der Waals surface area contributed by atoms with Crippen molar-refractivity contribution in [2.45, 2.75) is 83.5 Å². The van der Waals surface area contributed by atoms with Gasteiger partial charge in [0.25, 0.3) is 0 Å². The first kappa shape index (κ1) is 25.4. The number of ketones is 1. The van der Waals surface area contributed by atoms with Gasteiger partial charge in [0.2, 0.25) is 0 Å². The molecule has 0 bridgehead atoms. The van der Waals surface area contributed by atoms with Crippen molar-refractivity contribution in [2.24, 2.45) is 5.92 Å². The molecule has 0 aliphatic heterocycles. The summed E-state index contributed by atoms with van der Waals surface area (Å²) in [7, 11) is 0. The molecule has 1 aliphatic rings. The van der Waals surface area contributed by atoms with Gasteiger partial charge in [-0.05, 0) is 68.7 Å². The number of benzene rings is 1. The lowest BCUT2D eigenvalue weighted by Gasteiger charge is -2.37. The van der Waals surface area contributed by atoms with Gasteiger partial charge in [-0.15, -0.1) is 0 Å². The molecule has 3 rings (SSSR count). The van der Waals surface area contributed by atoms with Crippen molar-refractivity contribution >= 4 is 23.7 Å². The smallest absolute Gasteiger partial charge is 0.155 e. The number of hydrogen-bond acceptors (Lipinski definition) is 5. The van der Waals surface area contributed by atoms with E-state index >= 15 is 0 Å². The number of aryl methyl sites for hydroxylation is 1. The topological polar surface area (TPSA) is 69.2 Å². The van der Waals surface area contributed by atoms with Gasteiger partial charge < -0.3 is 9.53 Å². The Morgan fingerprint density at radius 1 is 1.24 bits per heavy atom. The molecule has 5 nitrogen and oxygen atoms in total. The molecule has 2 aromatic rings. The van der Waals surface area contributed by atoms with Crippen molar-refractivity contribution in [1.82, 2.24) is 9.97 Å². The summed E-state index contributed by atoms with van der Waals surface area (Å²) < 4.78 is 5.89. The highest BCUT2D eigenvalue weighted by Crippen LogP contribution is 2.43. The van der Waals surface area contributed by atoms with Crippen molar-refractivity contribution in [3.63, 3.8) is 0 Å². The summed E-state index contributed by atoms with van der Waals surface area (Å²) >= 11 is 6.35. The fraction of sp³-hybridized carbons (Fsp3) is 0.556. The van der Waals surface area contributed by atoms with Crippen molar-refractivity contribution in [3.8, 4) is 5.75 Å². The summed E-state index contributed by atoms with van der Waals surface area (Å²) in [5.41, 5.74) is 1.82. The van der Waals surface area contributed by atoms with Crippen LogP contribution in [0.2, 0.25) is 5.02 Å². The van der Waals surface area contributed by atoms with Crippen LogP contribution in [0.25, 0.3) is 0 Å². The summed E-state index contributed by atoms with van der Waals surface area (Å²) in [6, 6.07) is 5.96. The van der Waals surface area contributed by atoms with E-state index in [0.717, 1.165) is 62.4 Å². The molecular formula is C27H35ClN2O3. The van der Waals surface area contributed by atoms with Gasteiger partial charge >= 0.3 is 0 Å². The van der Waals surface area contributed by atoms with Gasteiger partial charge in [-0.1, -0.05) is 43.9 Å². The van der Waals surface area contributed by atoms with Crippen molar-refractivity contribution in [1.29, 1.82) is 0 Å². The molecule has 1 aromatic heterocycles. The highest BCUT2D eigenvalue weighted by Gasteiger charge is 2.40. The van der Waals surface area contributed by atoms with Crippen molar-refractivity contribution in [3.05, 3.63) is 52.6 Å². The number of rotatable bonds is 9. The Balaban J connectivity index is 1.66. The fourth-order valence-electron chi connectivity index (χ4n) is 5.06. The number of ether oxygens (including phenoxy) is 1. The number of carbonyl (C=O) groups excluding carboxylic acids is 2. The highest BCUT2D eigenvalue weighted by atomic mass is 35.5. The van der Waals surface area contributed by atoms with Crippen LogP contribution in [0.1, 0.15) is 88.1 Å². The van der Waals surface area contributed by atoms with E-state index in [1.807, 2.05) is 25.1 Å². The minimum Gasteiger partial charge on any atom is -0.490 e. The predicted molar refractivity (Wildman–Crippen MR) is 131 cm³/mol. The number of Topliss-reactive ketones (excluding diaryl/α,β-unsaturated/α-hetero) is 1. The second-order valence-electron chi connectivity index (χ2n) is 9.31. The molecule has 0 amide bonds. The van der Waals surface area contributed by atoms with Crippen LogP contribution in [-0.2, 0) is 15.0 Å². The van der Waals surface area contributed by atoms with Crippen LogP contribution >= 0.6 is 11.6 Å². The number of carbonyl (C=O) groups is 2. The summed E-state index contributed by atoms with van der Waals surface area (Å²) in [5.74, 6) is 1.64. The predicted octanol–water partition coefficient (Wildman–Crippen LogP) is 6.40. The molecule has 0 saturated heterocycles. The van der Waals surface area contributed by atoms with Gasteiger partial charge in [0.1, 0.15) is 17.9 Å². The van der Waals surface area contributed by atoms with E-state index in [9.17, 15) is 9.59 Å². The van der Waals surface area contributed by atoms with E-state index in [0.29, 0.717) is 41.3 Å². The van der Waals surface area contributed by atoms with E-state index in [1.165, 1.54) is 0 Å². The summed E-state index contributed by atoms with van der Waals surface area (Å²) in [6.45, 7) is 6.41. The molecule has 178 valence electrons. The van der Waals surface area contributed by atoms with Crippen molar-refractivity contribution in [2.75, 3.05) is 6.61 Å². The van der Waals surface area contributed by atoms with E-state index in [2.05, 4.69) is 16.9 Å². The first-order chi connectivity index (χ1) is 15.9. The maximum Gasteiger partial charge on any atom is 0.155 e. The highest BCUT2D eigenvalue weighted by molar-refractivity contribution is 6.30. The minimum atomic E-state index is -0.442. The Kier molecular flexibility index (Phi) is 9.02. The Bertz CT molecular complexity index is 947. The normalized spacial score (nSPS) is 22.1. The average Bonchev–Trinajstić information content (AvgIpc) is 2.82. The van der Waals surface area contributed by atoms with Crippen LogP contribution in [0.15, 0.2) is 30.6 Å². The van der Waals surface area contributed by atoms with Crippen LogP contribution in [-0.4, -0.2) is 28.6 Å². The third kappa shape index (κ3) is 6.20. The molecule has 1 aromatic carbocycles. The third-order valence-corrected chi connectivity index (χ3v) is 7.30. The monoisotopic (exact) mass is 470 g/mol. The second kappa shape index (κ2) is 11.7. The van der Waals surface area contributed by atoms with Gasteiger partial charge in [0.15, 0.2) is 5.75 Å². The van der Waals surface area contributed by atoms with E-state index in [1.54, 1.807) is 19.3 Å². The zero-order valence-corrected chi connectivity index (χ0v) is 20.7. The van der Waals surface area contributed by atoms with E-state index < -0.39 is 5.41 Å². The fourth-order valence-corrected chi connectivity index (χ4v) is 5.23. The van der Waals surface area contributed by atoms with Gasteiger partial charge in [0.05, 0.1) is 30.3 Å². The standard InChI is InChI=1S/C27H35ClN2O3/c1-4-25(32)27(24-15-22(28)9-8-19(24)2)12-6-5-7-21(10-13-27)11-14-33-23-16-29-26(30-17-23)20(3)18-31/h8-9,15-18,20-21H,4-7,10-14H2,1-3H3. The maximum absolute atomic E-state index is 13.3.